The van der Waals surface area contributed by atoms with Gasteiger partial charge in [-0.3, -0.25) is 14.9 Å². The van der Waals surface area contributed by atoms with Crippen LogP contribution < -0.4 is 10.4 Å². The number of nitrogens with zero attached hydrogens (tertiary/aromatic N) is 2. The van der Waals surface area contributed by atoms with Crippen LogP contribution in [-0.2, 0) is 11.2 Å². The third kappa shape index (κ3) is 5.33. The summed E-state index contributed by atoms with van der Waals surface area (Å²) in [6, 6.07) is 17.5. The first-order valence-corrected chi connectivity index (χ1v) is 13.4. The number of nitrogens with one attached hydrogen (secondary N) is 1. The van der Waals surface area contributed by atoms with Crippen molar-refractivity contribution in [2.24, 2.45) is 5.41 Å². The Labute approximate surface area is 237 Å². The predicted molar refractivity (Wildman–Crippen MR) is 157 cm³/mol. The van der Waals surface area contributed by atoms with Crippen LogP contribution in [-0.4, -0.2) is 21.8 Å². The number of carboxylic acids is 1. The maximum atomic E-state index is 13.1. The van der Waals surface area contributed by atoms with Crippen molar-refractivity contribution in [3.8, 4) is 0 Å². The summed E-state index contributed by atoms with van der Waals surface area (Å²) >= 11 is 0. The molecule has 1 heterocycles. The molecule has 1 unspecified atom stereocenters. The minimum absolute atomic E-state index is 0.0281. The number of para-hydroxylation sites is 2. The van der Waals surface area contributed by atoms with Crippen LogP contribution in [0.3, 0.4) is 0 Å². The van der Waals surface area contributed by atoms with E-state index in [-0.39, 0.29) is 30.0 Å². The highest BCUT2D eigenvalue weighted by Crippen LogP contribution is 2.46. The molecule has 0 spiro atoms. The Morgan fingerprint density at radius 1 is 1.02 bits per heavy atom. The summed E-state index contributed by atoms with van der Waals surface area (Å²) in [7, 11) is 0. The SMILES string of the molecule is Cc1ccc2c(C(=O)[O-])c3c(nc2c1)C(c1ccccc1[N+](=O)[O-])=CC(C)(CCC(=O)Nc1c(C)cccc1C)C3. The fourth-order valence-electron chi connectivity index (χ4n) is 5.75. The zero-order valence-electron chi connectivity index (χ0n) is 23.4. The molecule has 3 aromatic carbocycles. The van der Waals surface area contributed by atoms with Gasteiger partial charge in [0.15, 0.2) is 0 Å². The third-order valence-corrected chi connectivity index (χ3v) is 7.83. The summed E-state index contributed by atoms with van der Waals surface area (Å²) < 4.78 is 0. The number of pyridine rings is 1. The molecule has 1 N–H and O–H groups in total. The van der Waals surface area contributed by atoms with E-state index in [0.717, 1.165) is 22.4 Å². The van der Waals surface area contributed by atoms with Gasteiger partial charge in [0.2, 0.25) is 5.91 Å². The quantitative estimate of drug-likeness (QED) is 0.228. The number of hydrogen-bond acceptors (Lipinski definition) is 6. The lowest BCUT2D eigenvalue weighted by atomic mass is 9.71. The second-order valence-electron chi connectivity index (χ2n) is 11.1. The number of carboxylic acid groups (broad SMARTS) is 1. The molecular weight excluding hydrogens is 518 g/mol. The van der Waals surface area contributed by atoms with Crippen molar-refractivity contribution < 1.29 is 19.6 Å². The minimum Gasteiger partial charge on any atom is -0.545 e. The van der Waals surface area contributed by atoms with Crippen LogP contribution in [0.1, 0.15) is 63.6 Å². The summed E-state index contributed by atoms with van der Waals surface area (Å²) in [5.41, 5.74) is 4.95. The zero-order valence-corrected chi connectivity index (χ0v) is 23.4. The van der Waals surface area contributed by atoms with E-state index < -0.39 is 16.3 Å². The maximum Gasteiger partial charge on any atom is 0.277 e. The highest BCUT2D eigenvalue weighted by Gasteiger charge is 2.35. The van der Waals surface area contributed by atoms with Crippen LogP contribution in [0.15, 0.2) is 66.7 Å². The summed E-state index contributed by atoms with van der Waals surface area (Å²) in [6.45, 7) is 7.70. The number of nitro benzene ring substituents is 1. The van der Waals surface area contributed by atoms with E-state index in [4.69, 9.17) is 4.98 Å². The molecule has 0 bridgehead atoms. The number of benzene rings is 3. The van der Waals surface area contributed by atoms with E-state index in [0.29, 0.717) is 39.7 Å². The molecule has 8 heteroatoms. The lowest BCUT2D eigenvalue weighted by molar-refractivity contribution is -0.385. The number of nitro groups is 1. The van der Waals surface area contributed by atoms with E-state index in [9.17, 15) is 24.8 Å². The molecule has 4 aromatic rings. The Hall–Kier alpha value is -4.85. The van der Waals surface area contributed by atoms with Gasteiger partial charge in [-0.1, -0.05) is 55.5 Å². The number of fused-ring (bicyclic) bond motifs is 2. The Balaban J connectivity index is 1.63. The molecular formula is C33H30N3O5-. The van der Waals surface area contributed by atoms with Gasteiger partial charge < -0.3 is 15.2 Å². The average Bonchev–Trinajstić information content (AvgIpc) is 2.92. The van der Waals surface area contributed by atoms with Crippen LogP contribution in [0.4, 0.5) is 11.4 Å². The fraction of sp³-hybridized carbons (Fsp3) is 0.242. The standard InChI is InChI=1S/C33H31N3O5/c1-19-12-13-23-26(16-19)34-31-24(22-10-5-6-11-27(22)36(40)41)17-33(4,18-25(31)29(23)32(38)39)15-14-28(37)35-30-20(2)8-7-9-21(30)3/h5-13,16-17H,14-15,18H2,1-4H3,(H,35,37)(H,38,39)/p-1. The molecule has 8 nitrogen and oxygen atoms in total. The van der Waals surface area contributed by atoms with Crippen LogP contribution in [0.25, 0.3) is 16.5 Å². The number of hydrogen-bond donors (Lipinski definition) is 1. The summed E-state index contributed by atoms with van der Waals surface area (Å²) in [4.78, 5) is 42.1. The molecule has 1 aromatic heterocycles. The van der Waals surface area contributed by atoms with Crippen molar-refractivity contribution in [1.29, 1.82) is 0 Å². The molecule has 0 saturated heterocycles. The molecule has 0 radical (unpaired) electrons. The second kappa shape index (κ2) is 10.6. The number of carbonyl (C=O) groups is 2. The van der Waals surface area contributed by atoms with E-state index in [1.165, 1.54) is 6.07 Å². The number of aryl methyl sites for hydroxylation is 3. The predicted octanol–water partition coefficient (Wildman–Crippen LogP) is 5.84. The summed E-state index contributed by atoms with van der Waals surface area (Å²) in [5, 5.41) is 28.1. The minimum atomic E-state index is -1.34. The molecule has 1 atom stereocenters. The highest BCUT2D eigenvalue weighted by molar-refractivity contribution is 6.05. The number of carbonyl (C=O) groups excluding carboxylic acids is 2. The largest absolute Gasteiger partial charge is 0.545 e. The van der Waals surface area contributed by atoms with Crippen molar-refractivity contribution in [2.45, 2.75) is 47.0 Å². The first-order chi connectivity index (χ1) is 19.5. The molecule has 0 fully saturated rings. The first-order valence-electron chi connectivity index (χ1n) is 13.4. The lowest BCUT2D eigenvalue weighted by Crippen LogP contribution is -2.30. The molecule has 1 aliphatic carbocycles. The third-order valence-electron chi connectivity index (χ3n) is 7.83. The molecule has 5 rings (SSSR count). The van der Waals surface area contributed by atoms with Crippen molar-refractivity contribution in [3.63, 3.8) is 0 Å². The van der Waals surface area contributed by atoms with Gasteiger partial charge in [0.05, 0.1) is 27.7 Å². The molecule has 1 aliphatic rings. The zero-order chi connectivity index (χ0) is 29.5. The van der Waals surface area contributed by atoms with Crippen LogP contribution in [0.2, 0.25) is 0 Å². The van der Waals surface area contributed by atoms with E-state index in [1.54, 1.807) is 30.3 Å². The average molecular weight is 549 g/mol. The number of aromatic nitrogens is 1. The normalized spacial score (nSPS) is 16.1. The molecule has 1 amide bonds. The molecule has 208 valence electrons. The maximum absolute atomic E-state index is 13.1. The lowest BCUT2D eigenvalue weighted by Gasteiger charge is -2.34. The Bertz CT molecular complexity index is 1750. The molecule has 0 aliphatic heterocycles. The smallest absolute Gasteiger partial charge is 0.277 e. The van der Waals surface area contributed by atoms with Gasteiger partial charge in [-0.2, -0.15) is 0 Å². The summed E-state index contributed by atoms with van der Waals surface area (Å²) in [5.74, 6) is -1.50. The Morgan fingerprint density at radius 2 is 1.73 bits per heavy atom. The Kier molecular flexibility index (Phi) is 7.17. The van der Waals surface area contributed by atoms with Gasteiger partial charge in [-0.15, -0.1) is 0 Å². The van der Waals surface area contributed by atoms with Gasteiger partial charge in [0.25, 0.3) is 5.69 Å². The first kappa shape index (κ1) is 27.7. The van der Waals surface area contributed by atoms with Gasteiger partial charge >= 0.3 is 0 Å². The van der Waals surface area contributed by atoms with Gasteiger partial charge in [-0.25, -0.2) is 4.98 Å². The number of aromatic carboxylic acids is 1. The Morgan fingerprint density at radius 3 is 2.41 bits per heavy atom. The number of anilines is 1. The van der Waals surface area contributed by atoms with Gasteiger partial charge in [-0.05, 0) is 73.4 Å². The molecule has 0 saturated carbocycles. The molecule has 41 heavy (non-hydrogen) atoms. The topological polar surface area (TPSA) is 125 Å². The van der Waals surface area contributed by atoms with Crippen molar-refractivity contribution in [1.82, 2.24) is 4.98 Å². The van der Waals surface area contributed by atoms with Crippen LogP contribution in [0.5, 0.6) is 0 Å². The van der Waals surface area contributed by atoms with E-state index in [2.05, 4.69) is 5.32 Å². The monoisotopic (exact) mass is 548 g/mol. The van der Waals surface area contributed by atoms with Crippen LogP contribution >= 0.6 is 0 Å². The van der Waals surface area contributed by atoms with Gasteiger partial charge in [0.1, 0.15) is 0 Å². The van der Waals surface area contributed by atoms with Crippen molar-refractivity contribution in [2.75, 3.05) is 5.32 Å². The van der Waals surface area contributed by atoms with Gasteiger partial charge in [0, 0.05) is 34.7 Å². The van der Waals surface area contributed by atoms with Crippen molar-refractivity contribution >= 4 is 39.7 Å². The van der Waals surface area contributed by atoms with E-state index in [1.807, 2.05) is 58.0 Å². The fourth-order valence-corrected chi connectivity index (χ4v) is 5.75. The second-order valence-corrected chi connectivity index (χ2v) is 11.1. The number of amides is 1. The van der Waals surface area contributed by atoms with Crippen LogP contribution in [0, 0.1) is 36.3 Å². The summed E-state index contributed by atoms with van der Waals surface area (Å²) in [6.07, 6.45) is 2.74. The number of rotatable bonds is 7. The van der Waals surface area contributed by atoms with E-state index >= 15 is 0 Å². The number of allylic oxidation sites excluding steroid dienone is 1. The van der Waals surface area contributed by atoms with Crippen molar-refractivity contribution in [3.05, 3.63) is 116 Å². The highest BCUT2D eigenvalue weighted by atomic mass is 16.6.